The minimum absolute atomic E-state index is 0.107. The second-order valence-corrected chi connectivity index (χ2v) is 11.2. The lowest BCUT2D eigenvalue weighted by Crippen LogP contribution is -2.47. The molecule has 0 aliphatic heterocycles. The van der Waals surface area contributed by atoms with Gasteiger partial charge in [-0.2, -0.15) is 0 Å². The van der Waals surface area contributed by atoms with Gasteiger partial charge in [0.2, 0.25) is 21.8 Å². The molecule has 9 heteroatoms. The van der Waals surface area contributed by atoms with Crippen LogP contribution in [0.15, 0.2) is 42.5 Å². The molecule has 2 amide bonds. The first-order valence-electron chi connectivity index (χ1n) is 11.8. The molecule has 0 bridgehead atoms. The fourth-order valence-corrected chi connectivity index (χ4v) is 4.88. The molecule has 0 saturated heterocycles. The summed E-state index contributed by atoms with van der Waals surface area (Å²) in [7, 11) is -3.54. The van der Waals surface area contributed by atoms with Gasteiger partial charge in [0, 0.05) is 31.1 Å². The van der Waals surface area contributed by atoms with Crippen molar-refractivity contribution in [3.63, 3.8) is 0 Å². The van der Waals surface area contributed by atoms with E-state index >= 15 is 0 Å². The van der Waals surface area contributed by atoms with Crippen LogP contribution in [0.3, 0.4) is 0 Å². The molecule has 0 aliphatic carbocycles. The zero-order valence-electron chi connectivity index (χ0n) is 21.2. The predicted octanol–water partition coefficient (Wildman–Crippen LogP) is 4.45. The van der Waals surface area contributed by atoms with Gasteiger partial charge in [-0.05, 0) is 68.5 Å². The Morgan fingerprint density at radius 2 is 1.74 bits per heavy atom. The Morgan fingerprint density at radius 3 is 2.34 bits per heavy atom. The predicted molar refractivity (Wildman–Crippen MR) is 142 cm³/mol. The van der Waals surface area contributed by atoms with Crippen LogP contribution in [0.5, 0.6) is 0 Å². The number of aryl methyl sites for hydroxylation is 2. The van der Waals surface area contributed by atoms with Crippen molar-refractivity contribution in [2.45, 2.75) is 59.5 Å². The largest absolute Gasteiger partial charge is 0.354 e. The van der Waals surface area contributed by atoms with Gasteiger partial charge in [0.25, 0.3) is 0 Å². The van der Waals surface area contributed by atoms with Crippen LogP contribution in [-0.4, -0.2) is 50.5 Å². The van der Waals surface area contributed by atoms with E-state index in [-0.39, 0.29) is 31.3 Å². The van der Waals surface area contributed by atoms with Gasteiger partial charge in [-0.15, -0.1) is 0 Å². The summed E-state index contributed by atoms with van der Waals surface area (Å²) in [5.41, 5.74) is 3.27. The molecule has 0 unspecified atom stereocenters. The highest BCUT2D eigenvalue weighted by molar-refractivity contribution is 7.92. The van der Waals surface area contributed by atoms with Crippen LogP contribution >= 0.6 is 11.6 Å². The van der Waals surface area contributed by atoms with E-state index in [4.69, 9.17) is 11.6 Å². The number of benzene rings is 2. The van der Waals surface area contributed by atoms with Crippen molar-refractivity contribution < 1.29 is 18.0 Å². The number of sulfonamides is 1. The second-order valence-electron chi connectivity index (χ2n) is 8.84. The average molecular weight is 522 g/mol. The van der Waals surface area contributed by atoms with Crippen LogP contribution in [-0.2, 0) is 26.2 Å². The van der Waals surface area contributed by atoms with Gasteiger partial charge >= 0.3 is 0 Å². The smallest absolute Gasteiger partial charge is 0.242 e. The Bertz CT molecular complexity index is 1120. The number of hydrogen-bond acceptors (Lipinski definition) is 4. The van der Waals surface area contributed by atoms with E-state index in [0.29, 0.717) is 23.7 Å². The molecule has 0 saturated carbocycles. The molecule has 0 fully saturated rings. The standard InChI is InChI=1S/C26H36ClN3O4S/c1-6-15-28-26(32)21(4)29(18-22-11-13-23(27)14-12-22)25(31)8-7-16-30(35(5,33)34)24-17-19(2)9-10-20(24)3/h9-14,17,21H,6-8,15-16,18H2,1-5H3,(H,28,32)/t21-/m0/s1. The van der Waals surface area contributed by atoms with Gasteiger partial charge in [-0.3, -0.25) is 13.9 Å². The Kier molecular flexibility index (Phi) is 10.6. The molecular weight excluding hydrogens is 486 g/mol. The summed E-state index contributed by atoms with van der Waals surface area (Å²) in [6.07, 6.45) is 2.39. The van der Waals surface area contributed by atoms with E-state index < -0.39 is 16.1 Å². The van der Waals surface area contributed by atoms with Gasteiger partial charge in [-0.25, -0.2) is 8.42 Å². The SMILES string of the molecule is CCCNC(=O)[C@H](C)N(Cc1ccc(Cl)cc1)C(=O)CCCN(c1cc(C)ccc1C)S(C)(=O)=O. The monoisotopic (exact) mass is 521 g/mol. The fraction of sp³-hybridized carbons (Fsp3) is 0.462. The van der Waals surface area contributed by atoms with Crippen LogP contribution in [0.25, 0.3) is 0 Å². The summed E-state index contributed by atoms with van der Waals surface area (Å²) in [5, 5.41) is 3.44. The lowest BCUT2D eigenvalue weighted by atomic mass is 10.1. The first-order chi connectivity index (χ1) is 16.4. The Hall–Kier alpha value is -2.58. The number of carbonyl (C=O) groups excluding carboxylic acids is 2. The number of amides is 2. The van der Waals surface area contributed by atoms with Gasteiger partial charge in [-0.1, -0.05) is 42.8 Å². The first-order valence-corrected chi connectivity index (χ1v) is 14.0. The van der Waals surface area contributed by atoms with E-state index in [0.717, 1.165) is 23.1 Å². The zero-order valence-corrected chi connectivity index (χ0v) is 22.7. The van der Waals surface area contributed by atoms with E-state index in [1.807, 2.05) is 51.1 Å². The number of nitrogens with zero attached hydrogens (tertiary/aromatic N) is 2. The summed E-state index contributed by atoms with van der Waals surface area (Å²) in [5.74, 6) is -0.434. The van der Waals surface area contributed by atoms with Crippen molar-refractivity contribution in [2.75, 3.05) is 23.7 Å². The van der Waals surface area contributed by atoms with Crippen LogP contribution in [0.4, 0.5) is 5.69 Å². The van der Waals surface area contributed by atoms with Crippen molar-refractivity contribution in [1.82, 2.24) is 10.2 Å². The number of halogens is 1. The maximum atomic E-state index is 13.3. The highest BCUT2D eigenvalue weighted by atomic mass is 35.5. The summed E-state index contributed by atoms with van der Waals surface area (Å²) in [6, 6.07) is 12.1. The average Bonchev–Trinajstić information content (AvgIpc) is 2.80. The Labute approximate surface area is 214 Å². The normalized spacial score (nSPS) is 12.2. The third-order valence-electron chi connectivity index (χ3n) is 5.77. The van der Waals surface area contributed by atoms with Gasteiger partial charge in [0.05, 0.1) is 11.9 Å². The highest BCUT2D eigenvalue weighted by Crippen LogP contribution is 2.24. The number of carbonyl (C=O) groups is 2. The number of anilines is 1. The Morgan fingerprint density at radius 1 is 1.09 bits per heavy atom. The van der Waals surface area contributed by atoms with Gasteiger partial charge < -0.3 is 10.2 Å². The lowest BCUT2D eigenvalue weighted by molar-refractivity contribution is -0.140. The summed E-state index contributed by atoms with van der Waals surface area (Å²) < 4.78 is 26.4. The van der Waals surface area contributed by atoms with Crippen LogP contribution < -0.4 is 9.62 Å². The molecule has 0 aliphatic rings. The van der Waals surface area contributed by atoms with Crippen LogP contribution in [0.1, 0.15) is 49.8 Å². The molecule has 0 aromatic heterocycles. The van der Waals surface area contributed by atoms with E-state index in [1.165, 1.54) is 15.5 Å². The summed E-state index contributed by atoms with van der Waals surface area (Å²) in [4.78, 5) is 27.5. The first kappa shape index (κ1) is 28.7. The number of hydrogen-bond donors (Lipinski definition) is 1. The summed E-state index contributed by atoms with van der Waals surface area (Å²) >= 11 is 5.99. The zero-order chi connectivity index (χ0) is 26.2. The van der Waals surface area contributed by atoms with E-state index in [1.54, 1.807) is 19.1 Å². The van der Waals surface area contributed by atoms with Crippen LogP contribution in [0, 0.1) is 13.8 Å². The fourth-order valence-electron chi connectivity index (χ4n) is 3.74. The van der Waals surface area contributed by atoms with Crippen molar-refractivity contribution in [3.05, 3.63) is 64.2 Å². The minimum Gasteiger partial charge on any atom is -0.354 e. The topological polar surface area (TPSA) is 86.8 Å². The van der Waals surface area contributed by atoms with E-state index in [2.05, 4.69) is 5.32 Å². The minimum atomic E-state index is -3.54. The van der Waals surface area contributed by atoms with Gasteiger partial charge in [0.15, 0.2) is 0 Å². The molecule has 2 aromatic carbocycles. The van der Waals surface area contributed by atoms with Crippen molar-refractivity contribution in [1.29, 1.82) is 0 Å². The molecule has 0 radical (unpaired) electrons. The quantitative estimate of drug-likeness (QED) is 0.447. The molecule has 192 valence electrons. The molecule has 1 atom stereocenters. The highest BCUT2D eigenvalue weighted by Gasteiger charge is 2.26. The van der Waals surface area contributed by atoms with Crippen molar-refractivity contribution >= 4 is 39.1 Å². The summed E-state index contributed by atoms with van der Waals surface area (Å²) in [6.45, 7) is 8.40. The lowest BCUT2D eigenvalue weighted by Gasteiger charge is -2.29. The molecule has 2 rings (SSSR count). The molecule has 7 nitrogen and oxygen atoms in total. The number of rotatable bonds is 12. The molecule has 1 N–H and O–H groups in total. The second kappa shape index (κ2) is 12.9. The molecule has 0 spiro atoms. The third-order valence-corrected chi connectivity index (χ3v) is 7.20. The maximum absolute atomic E-state index is 13.3. The molecule has 0 heterocycles. The third kappa shape index (κ3) is 8.54. The number of nitrogens with one attached hydrogen (secondary N) is 1. The van der Waals surface area contributed by atoms with Crippen molar-refractivity contribution in [3.8, 4) is 0 Å². The van der Waals surface area contributed by atoms with E-state index in [9.17, 15) is 18.0 Å². The Balaban J connectivity index is 2.18. The molecular formula is C26H36ClN3O4S. The van der Waals surface area contributed by atoms with Gasteiger partial charge in [0.1, 0.15) is 6.04 Å². The van der Waals surface area contributed by atoms with Crippen LogP contribution in [0.2, 0.25) is 5.02 Å². The maximum Gasteiger partial charge on any atom is 0.242 e. The van der Waals surface area contributed by atoms with Crippen molar-refractivity contribution in [2.24, 2.45) is 0 Å². The molecule has 35 heavy (non-hydrogen) atoms. The molecule has 2 aromatic rings.